The van der Waals surface area contributed by atoms with E-state index in [0.717, 1.165) is 17.7 Å². The summed E-state index contributed by atoms with van der Waals surface area (Å²) in [6.45, 7) is 0. The van der Waals surface area contributed by atoms with Gasteiger partial charge in [-0.2, -0.15) is 13.2 Å². The van der Waals surface area contributed by atoms with Crippen molar-refractivity contribution in [1.29, 1.82) is 0 Å². The van der Waals surface area contributed by atoms with E-state index in [1.807, 2.05) is 18.2 Å². The van der Waals surface area contributed by atoms with Crippen molar-refractivity contribution in [2.75, 3.05) is 7.11 Å². The van der Waals surface area contributed by atoms with Crippen molar-refractivity contribution >= 4 is 23.1 Å². The van der Waals surface area contributed by atoms with Crippen LogP contribution in [0.4, 0.5) is 13.2 Å². The van der Waals surface area contributed by atoms with E-state index in [-0.39, 0.29) is 11.5 Å². The number of methoxy groups -OCH3 is 1. The lowest BCUT2D eigenvalue weighted by Crippen LogP contribution is -2.22. The van der Waals surface area contributed by atoms with Gasteiger partial charge < -0.3 is 4.74 Å². The third-order valence-corrected chi connectivity index (χ3v) is 4.78. The average Bonchev–Trinajstić information content (AvgIpc) is 2.77. The van der Waals surface area contributed by atoms with Crippen molar-refractivity contribution in [3.05, 3.63) is 100 Å². The Morgan fingerprint density at radius 2 is 1.68 bits per heavy atom. The molecule has 4 nitrogen and oxygen atoms in total. The molecule has 0 N–H and O–H groups in total. The van der Waals surface area contributed by atoms with Gasteiger partial charge in [-0.1, -0.05) is 36.4 Å². The number of para-hydroxylation sites is 2. The third-order valence-electron chi connectivity index (χ3n) is 4.78. The summed E-state index contributed by atoms with van der Waals surface area (Å²) in [6, 6.07) is 18.6. The zero-order chi connectivity index (χ0) is 22.0. The molecule has 4 rings (SSSR count). The van der Waals surface area contributed by atoms with Crippen LogP contribution in [-0.4, -0.2) is 16.7 Å². The van der Waals surface area contributed by atoms with Crippen LogP contribution in [0.25, 0.3) is 28.7 Å². The van der Waals surface area contributed by atoms with Gasteiger partial charge >= 0.3 is 6.18 Å². The zero-order valence-corrected chi connectivity index (χ0v) is 16.4. The highest BCUT2D eigenvalue weighted by molar-refractivity contribution is 5.80. The largest absolute Gasteiger partial charge is 0.496 e. The number of hydrogen-bond acceptors (Lipinski definition) is 3. The minimum absolute atomic E-state index is 0.0813. The fourth-order valence-corrected chi connectivity index (χ4v) is 3.30. The fourth-order valence-electron chi connectivity index (χ4n) is 3.30. The van der Waals surface area contributed by atoms with Crippen molar-refractivity contribution in [3.63, 3.8) is 0 Å². The number of rotatable bonds is 4. The van der Waals surface area contributed by atoms with Crippen molar-refractivity contribution in [3.8, 4) is 11.4 Å². The topological polar surface area (TPSA) is 44.1 Å². The molecule has 3 aromatic carbocycles. The third kappa shape index (κ3) is 4.07. The first-order chi connectivity index (χ1) is 14.9. The van der Waals surface area contributed by atoms with E-state index in [2.05, 4.69) is 4.98 Å². The highest BCUT2D eigenvalue weighted by Crippen LogP contribution is 2.30. The lowest BCUT2D eigenvalue weighted by molar-refractivity contribution is -0.137. The van der Waals surface area contributed by atoms with Gasteiger partial charge in [-0.15, -0.1) is 0 Å². The number of aromatic nitrogens is 2. The van der Waals surface area contributed by atoms with E-state index in [1.54, 1.807) is 49.6 Å². The molecule has 0 radical (unpaired) electrons. The lowest BCUT2D eigenvalue weighted by Gasteiger charge is -2.14. The maximum atomic E-state index is 13.3. The lowest BCUT2D eigenvalue weighted by atomic mass is 10.1. The number of hydrogen-bond donors (Lipinski definition) is 0. The number of fused-ring (bicyclic) bond motifs is 1. The van der Waals surface area contributed by atoms with Gasteiger partial charge in [0.05, 0.1) is 29.3 Å². The van der Waals surface area contributed by atoms with Gasteiger partial charge in [-0.25, -0.2) is 4.98 Å². The normalized spacial score (nSPS) is 11.9. The Labute approximate surface area is 175 Å². The van der Waals surface area contributed by atoms with Crippen LogP contribution in [0.1, 0.15) is 17.0 Å². The number of ether oxygens (including phenoxy) is 1. The van der Waals surface area contributed by atoms with Crippen LogP contribution in [0.5, 0.6) is 5.75 Å². The first-order valence-corrected chi connectivity index (χ1v) is 9.39. The Balaban J connectivity index is 1.95. The number of alkyl halides is 3. The quantitative estimate of drug-likeness (QED) is 0.431. The van der Waals surface area contributed by atoms with E-state index in [9.17, 15) is 18.0 Å². The smallest absolute Gasteiger partial charge is 0.416 e. The summed E-state index contributed by atoms with van der Waals surface area (Å²) in [5.41, 5.74) is -0.0227. The molecule has 0 aliphatic rings. The van der Waals surface area contributed by atoms with Crippen LogP contribution in [0.2, 0.25) is 0 Å². The molecule has 0 atom stereocenters. The second-order valence-electron chi connectivity index (χ2n) is 6.75. The molecule has 4 aromatic rings. The van der Waals surface area contributed by atoms with E-state index in [0.29, 0.717) is 16.7 Å². The van der Waals surface area contributed by atoms with Crippen molar-refractivity contribution in [2.24, 2.45) is 0 Å². The van der Waals surface area contributed by atoms with Crippen LogP contribution < -0.4 is 10.3 Å². The molecule has 0 spiro atoms. The molecule has 0 aliphatic heterocycles. The van der Waals surface area contributed by atoms with Crippen LogP contribution in [0, 0.1) is 0 Å². The first kappa shape index (κ1) is 20.4. The molecule has 0 fully saturated rings. The standard InChI is InChI=1S/C24H17F3N2O2/c1-31-21-12-5-2-7-16(21)13-14-22-28-20-11-4-3-10-19(20)23(30)29(22)18-9-6-8-17(15-18)24(25,26)27/h2-15H,1H3/b14-13-. The predicted octanol–water partition coefficient (Wildman–Crippen LogP) is 5.58. The maximum Gasteiger partial charge on any atom is 0.416 e. The molecule has 0 saturated carbocycles. The van der Waals surface area contributed by atoms with Gasteiger partial charge in [0.2, 0.25) is 0 Å². The average molecular weight is 422 g/mol. The second kappa shape index (κ2) is 8.10. The highest BCUT2D eigenvalue weighted by Gasteiger charge is 2.30. The Bertz CT molecular complexity index is 1340. The van der Waals surface area contributed by atoms with E-state index >= 15 is 0 Å². The molecule has 0 amide bonds. The fraction of sp³-hybridized carbons (Fsp3) is 0.0833. The second-order valence-corrected chi connectivity index (χ2v) is 6.75. The minimum atomic E-state index is -4.53. The van der Waals surface area contributed by atoms with Crippen molar-refractivity contribution in [1.82, 2.24) is 9.55 Å². The number of halogens is 3. The van der Waals surface area contributed by atoms with Gasteiger partial charge in [0, 0.05) is 5.56 Å². The summed E-state index contributed by atoms with van der Waals surface area (Å²) in [6.07, 6.45) is -1.23. The summed E-state index contributed by atoms with van der Waals surface area (Å²) in [5.74, 6) is 0.821. The number of benzene rings is 3. The summed E-state index contributed by atoms with van der Waals surface area (Å²) in [7, 11) is 1.54. The van der Waals surface area contributed by atoms with E-state index in [1.165, 1.54) is 16.7 Å². The summed E-state index contributed by atoms with van der Waals surface area (Å²) in [4.78, 5) is 17.8. The molecule has 7 heteroatoms. The Morgan fingerprint density at radius 3 is 2.45 bits per heavy atom. The molecule has 0 unspecified atom stereocenters. The van der Waals surface area contributed by atoms with Crippen molar-refractivity contribution < 1.29 is 17.9 Å². The molecule has 156 valence electrons. The zero-order valence-electron chi connectivity index (χ0n) is 16.4. The summed E-state index contributed by atoms with van der Waals surface area (Å²) in [5, 5.41) is 0.314. The Kier molecular flexibility index (Phi) is 5.33. The van der Waals surface area contributed by atoms with Crippen LogP contribution in [0.15, 0.2) is 77.6 Å². The molecule has 1 aromatic heterocycles. The highest BCUT2D eigenvalue weighted by atomic mass is 19.4. The number of nitrogens with zero attached hydrogens (tertiary/aromatic N) is 2. The van der Waals surface area contributed by atoms with E-state index < -0.39 is 17.3 Å². The van der Waals surface area contributed by atoms with Gasteiger partial charge in [0.1, 0.15) is 11.6 Å². The maximum absolute atomic E-state index is 13.3. The van der Waals surface area contributed by atoms with Gasteiger partial charge in [-0.3, -0.25) is 9.36 Å². The van der Waals surface area contributed by atoms with Crippen LogP contribution in [-0.2, 0) is 6.18 Å². The molecule has 0 saturated heterocycles. The van der Waals surface area contributed by atoms with Crippen LogP contribution in [0.3, 0.4) is 0 Å². The minimum Gasteiger partial charge on any atom is -0.496 e. The molecule has 0 bridgehead atoms. The Hall–Kier alpha value is -3.87. The van der Waals surface area contributed by atoms with E-state index in [4.69, 9.17) is 4.74 Å². The van der Waals surface area contributed by atoms with Gasteiger partial charge in [-0.05, 0) is 48.6 Å². The SMILES string of the molecule is COc1ccccc1/C=C\c1nc2ccccc2c(=O)n1-c1cccc(C(F)(F)F)c1. The first-order valence-electron chi connectivity index (χ1n) is 9.39. The molecule has 0 aliphatic carbocycles. The molecule has 31 heavy (non-hydrogen) atoms. The molecular formula is C24H17F3N2O2. The Morgan fingerprint density at radius 1 is 0.935 bits per heavy atom. The van der Waals surface area contributed by atoms with Gasteiger partial charge in [0.15, 0.2) is 0 Å². The van der Waals surface area contributed by atoms with Gasteiger partial charge in [0.25, 0.3) is 5.56 Å². The molecular weight excluding hydrogens is 405 g/mol. The summed E-state index contributed by atoms with van der Waals surface area (Å²) >= 11 is 0. The predicted molar refractivity (Wildman–Crippen MR) is 114 cm³/mol. The summed E-state index contributed by atoms with van der Waals surface area (Å²) < 4.78 is 46.3. The van der Waals surface area contributed by atoms with Crippen LogP contribution >= 0.6 is 0 Å². The van der Waals surface area contributed by atoms with Crippen molar-refractivity contribution in [2.45, 2.75) is 6.18 Å². The molecule has 1 heterocycles. The monoisotopic (exact) mass is 422 g/mol.